The molecule has 0 fully saturated rings. The fourth-order valence-electron chi connectivity index (χ4n) is 1.82. The Morgan fingerprint density at radius 1 is 1.20 bits per heavy atom. The van der Waals surface area contributed by atoms with E-state index < -0.39 is 0 Å². The highest BCUT2D eigenvalue weighted by molar-refractivity contribution is 14.1. The van der Waals surface area contributed by atoms with Gasteiger partial charge in [0.05, 0.1) is 4.90 Å². The van der Waals surface area contributed by atoms with Crippen molar-refractivity contribution in [1.82, 2.24) is 9.97 Å². The van der Waals surface area contributed by atoms with Crippen molar-refractivity contribution >= 4 is 46.1 Å². The summed E-state index contributed by atoms with van der Waals surface area (Å²) in [5.74, 6) is 1.08. The van der Waals surface area contributed by atoms with Gasteiger partial charge in [0, 0.05) is 14.7 Å². The predicted octanol–water partition coefficient (Wildman–Crippen LogP) is 3.83. The molecule has 0 aliphatic rings. The molecule has 0 aliphatic heterocycles. The molecule has 106 valence electrons. The van der Waals surface area contributed by atoms with Crippen LogP contribution >= 0.6 is 34.4 Å². The van der Waals surface area contributed by atoms with E-state index in [1.54, 1.807) is 18.0 Å². The Morgan fingerprint density at radius 3 is 2.50 bits per heavy atom. The van der Waals surface area contributed by atoms with Gasteiger partial charge >= 0.3 is 0 Å². The smallest absolute Gasteiger partial charge is 0.221 e. The van der Waals surface area contributed by atoms with Gasteiger partial charge in [0.1, 0.15) is 5.82 Å². The van der Waals surface area contributed by atoms with E-state index in [4.69, 9.17) is 11.5 Å². The number of hydrogen-bond donors (Lipinski definition) is 2. The van der Waals surface area contributed by atoms with Crippen LogP contribution < -0.4 is 11.5 Å². The summed E-state index contributed by atoms with van der Waals surface area (Å²) in [6, 6.07) is 4.43. The summed E-state index contributed by atoms with van der Waals surface area (Å²) >= 11 is 3.94. The highest BCUT2D eigenvalue weighted by Gasteiger charge is 2.13. The molecule has 0 saturated carbocycles. The van der Waals surface area contributed by atoms with Crippen LogP contribution in [0.25, 0.3) is 0 Å². The van der Waals surface area contributed by atoms with Crippen molar-refractivity contribution in [3.63, 3.8) is 0 Å². The Bertz CT molecular complexity index is 643. The molecule has 0 unspecified atom stereocenters. The van der Waals surface area contributed by atoms with Crippen LogP contribution in [0.2, 0.25) is 0 Å². The van der Waals surface area contributed by atoms with Crippen molar-refractivity contribution in [3.05, 3.63) is 33.0 Å². The number of aromatic nitrogens is 2. The maximum Gasteiger partial charge on any atom is 0.221 e. The van der Waals surface area contributed by atoms with Gasteiger partial charge in [0.25, 0.3) is 0 Å². The molecule has 1 heterocycles. The van der Waals surface area contributed by atoms with Crippen molar-refractivity contribution in [1.29, 1.82) is 0 Å². The van der Waals surface area contributed by atoms with Crippen molar-refractivity contribution in [2.24, 2.45) is 0 Å². The van der Waals surface area contributed by atoms with Crippen LogP contribution in [0.15, 0.2) is 28.1 Å². The van der Waals surface area contributed by atoms with Crippen LogP contribution in [0.1, 0.15) is 30.9 Å². The first-order chi connectivity index (χ1) is 9.38. The molecule has 0 atom stereocenters. The van der Waals surface area contributed by atoms with E-state index in [1.807, 2.05) is 0 Å². The first-order valence-electron chi connectivity index (χ1n) is 6.24. The predicted molar refractivity (Wildman–Crippen MR) is 93.0 cm³/mol. The maximum absolute atomic E-state index is 5.91. The second-order valence-corrected chi connectivity index (χ2v) is 7.12. The molecule has 0 aliphatic carbocycles. The Morgan fingerprint density at radius 2 is 1.90 bits per heavy atom. The van der Waals surface area contributed by atoms with Gasteiger partial charge in [-0.05, 0) is 52.6 Å². The Balaban J connectivity index is 2.44. The van der Waals surface area contributed by atoms with Gasteiger partial charge in [-0.2, -0.15) is 4.98 Å². The summed E-state index contributed by atoms with van der Waals surface area (Å²) < 4.78 is 1.24. The molecule has 0 saturated heterocycles. The Labute approximate surface area is 136 Å². The number of halogens is 1. The standard InChI is InChI=1S/C14H17IN4S/c1-7(2)9-4-8(3)10(15)5-11(9)20-12-6-18-14(17)19-13(12)16/h4-7H,1-3H3,(H4,16,17,18,19). The van der Waals surface area contributed by atoms with Crippen LogP contribution in [-0.2, 0) is 0 Å². The lowest BCUT2D eigenvalue weighted by Crippen LogP contribution is -2.01. The zero-order valence-electron chi connectivity index (χ0n) is 11.6. The summed E-state index contributed by atoms with van der Waals surface area (Å²) in [4.78, 5) is 10.0. The molecule has 20 heavy (non-hydrogen) atoms. The minimum atomic E-state index is 0.203. The molecule has 1 aromatic heterocycles. The van der Waals surface area contributed by atoms with Crippen LogP contribution in [0, 0.1) is 10.5 Å². The fourth-order valence-corrected chi connectivity index (χ4v) is 3.58. The SMILES string of the molecule is Cc1cc(C(C)C)c(Sc2cnc(N)nc2N)cc1I. The first kappa shape index (κ1) is 15.4. The Hall–Kier alpha value is -1.02. The van der Waals surface area contributed by atoms with Crippen LogP contribution in [0.4, 0.5) is 11.8 Å². The van der Waals surface area contributed by atoms with Gasteiger partial charge in [-0.15, -0.1) is 0 Å². The second kappa shape index (κ2) is 6.17. The molecular formula is C14H17IN4S. The second-order valence-electron chi connectivity index (χ2n) is 4.87. The topological polar surface area (TPSA) is 77.8 Å². The molecule has 4 nitrogen and oxygen atoms in total. The molecule has 2 aromatic rings. The van der Waals surface area contributed by atoms with Crippen molar-refractivity contribution in [2.75, 3.05) is 11.5 Å². The van der Waals surface area contributed by atoms with Gasteiger partial charge < -0.3 is 11.5 Å². The summed E-state index contributed by atoms with van der Waals surface area (Å²) in [7, 11) is 0. The minimum Gasteiger partial charge on any atom is -0.383 e. The molecule has 0 spiro atoms. The third-order valence-corrected chi connectivity index (χ3v) is 5.20. The lowest BCUT2D eigenvalue weighted by atomic mass is 10.0. The number of hydrogen-bond acceptors (Lipinski definition) is 5. The number of benzene rings is 1. The van der Waals surface area contributed by atoms with Gasteiger partial charge in [-0.25, -0.2) is 4.98 Å². The summed E-state index contributed by atoms with van der Waals surface area (Å²) in [5, 5.41) is 0. The molecule has 0 radical (unpaired) electrons. The molecule has 0 bridgehead atoms. The van der Waals surface area contributed by atoms with E-state index >= 15 is 0 Å². The van der Waals surface area contributed by atoms with Gasteiger partial charge in [-0.1, -0.05) is 31.7 Å². The monoisotopic (exact) mass is 400 g/mol. The number of nitrogens with two attached hydrogens (primary N) is 2. The van der Waals surface area contributed by atoms with E-state index in [0.717, 1.165) is 4.90 Å². The van der Waals surface area contributed by atoms with Crippen molar-refractivity contribution < 1.29 is 0 Å². The third kappa shape index (κ3) is 3.35. The van der Waals surface area contributed by atoms with Crippen LogP contribution in [0.3, 0.4) is 0 Å². The number of aryl methyl sites for hydroxylation is 1. The number of rotatable bonds is 3. The zero-order chi connectivity index (χ0) is 14.9. The lowest BCUT2D eigenvalue weighted by Gasteiger charge is -2.15. The van der Waals surface area contributed by atoms with Crippen LogP contribution in [-0.4, -0.2) is 9.97 Å². The average Bonchev–Trinajstić information content (AvgIpc) is 2.36. The highest BCUT2D eigenvalue weighted by Crippen LogP contribution is 2.37. The zero-order valence-corrected chi connectivity index (χ0v) is 14.6. The lowest BCUT2D eigenvalue weighted by molar-refractivity contribution is 0.839. The summed E-state index contributed by atoms with van der Waals surface area (Å²) in [6.45, 7) is 6.51. The maximum atomic E-state index is 5.91. The third-order valence-electron chi connectivity index (χ3n) is 2.93. The van der Waals surface area contributed by atoms with E-state index in [0.29, 0.717) is 11.7 Å². The fraction of sp³-hybridized carbons (Fsp3) is 0.286. The molecular weight excluding hydrogens is 383 g/mol. The van der Waals surface area contributed by atoms with E-state index in [-0.39, 0.29) is 5.95 Å². The van der Waals surface area contributed by atoms with E-state index in [2.05, 4.69) is 65.5 Å². The molecule has 0 amide bonds. The quantitative estimate of drug-likeness (QED) is 0.766. The minimum absolute atomic E-state index is 0.203. The molecule has 1 aromatic carbocycles. The molecule has 4 N–H and O–H groups in total. The van der Waals surface area contributed by atoms with Gasteiger partial charge in [-0.3, -0.25) is 0 Å². The first-order valence-corrected chi connectivity index (χ1v) is 8.14. The largest absolute Gasteiger partial charge is 0.383 e. The average molecular weight is 400 g/mol. The molecule has 6 heteroatoms. The molecule has 2 rings (SSSR count). The van der Waals surface area contributed by atoms with E-state index in [9.17, 15) is 0 Å². The number of nitrogen functional groups attached to an aromatic ring is 2. The van der Waals surface area contributed by atoms with Crippen molar-refractivity contribution in [2.45, 2.75) is 36.5 Å². The van der Waals surface area contributed by atoms with E-state index in [1.165, 1.54) is 19.6 Å². The normalized spacial score (nSPS) is 11.1. The highest BCUT2D eigenvalue weighted by atomic mass is 127. The van der Waals surface area contributed by atoms with Crippen molar-refractivity contribution in [3.8, 4) is 0 Å². The summed E-state index contributed by atoms with van der Waals surface area (Å²) in [6.07, 6.45) is 1.68. The van der Waals surface area contributed by atoms with Gasteiger partial charge in [0.2, 0.25) is 5.95 Å². The number of anilines is 2. The summed E-state index contributed by atoms with van der Waals surface area (Å²) in [5.41, 5.74) is 14.0. The van der Waals surface area contributed by atoms with Crippen LogP contribution in [0.5, 0.6) is 0 Å². The Kier molecular flexibility index (Phi) is 4.74. The number of nitrogens with zero attached hydrogens (tertiary/aromatic N) is 2. The van der Waals surface area contributed by atoms with Gasteiger partial charge in [0.15, 0.2) is 0 Å².